The van der Waals surface area contributed by atoms with Crippen LogP contribution in [0.4, 0.5) is 5.69 Å². The van der Waals surface area contributed by atoms with Gasteiger partial charge in [-0.2, -0.15) is 5.10 Å². The van der Waals surface area contributed by atoms with E-state index in [0.29, 0.717) is 12.2 Å². The summed E-state index contributed by atoms with van der Waals surface area (Å²) in [7, 11) is 0. The average molecular weight is 308 g/mol. The monoisotopic (exact) mass is 308 g/mol. The predicted octanol–water partition coefficient (Wildman–Crippen LogP) is 3.83. The van der Waals surface area contributed by atoms with E-state index in [4.69, 9.17) is 0 Å². The number of pyridine rings is 1. The third-order valence-corrected chi connectivity index (χ3v) is 3.82. The van der Waals surface area contributed by atoms with Crippen LogP contribution in [0.3, 0.4) is 0 Å². The van der Waals surface area contributed by atoms with Crippen molar-refractivity contribution in [1.29, 1.82) is 0 Å². The molecule has 0 aliphatic rings. The molecule has 5 nitrogen and oxygen atoms in total. The molecule has 5 heteroatoms. The summed E-state index contributed by atoms with van der Waals surface area (Å²) in [5.41, 5.74) is 3.13. The van der Waals surface area contributed by atoms with E-state index in [1.807, 2.05) is 43.3 Å². The van der Waals surface area contributed by atoms with Crippen molar-refractivity contribution >= 4 is 22.5 Å². The molecule has 1 amide bonds. The predicted molar refractivity (Wildman–Crippen MR) is 91.7 cm³/mol. The van der Waals surface area contributed by atoms with Gasteiger partial charge in [0.2, 0.25) is 0 Å². The lowest BCUT2D eigenvalue weighted by Gasteiger charge is -2.09. The van der Waals surface area contributed by atoms with E-state index in [9.17, 15) is 4.79 Å². The van der Waals surface area contributed by atoms with Crippen molar-refractivity contribution in [3.8, 4) is 0 Å². The van der Waals surface area contributed by atoms with Crippen LogP contribution in [-0.2, 0) is 6.54 Å². The zero-order chi connectivity index (χ0) is 16.4. The highest BCUT2D eigenvalue weighted by Gasteiger charge is 2.17. The van der Waals surface area contributed by atoms with Gasteiger partial charge in [0.05, 0.1) is 16.9 Å². The van der Waals surface area contributed by atoms with E-state index in [0.717, 1.165) is 22.3 Å². The van der Waals surface area contributed by atoms with Crippen LogP contribution >= 0.6 is 0 Å². The molecule has 0 atom stereocenters. The van der Waals surface area contributed by atoms with Crippen LogP contribution in [0, 0.1) is 0 Å². The first-order chi connectivity index (χ1) is 11.1. The molecule has 3 rings (SSSR count). The Balaban J connectivity index is 1.95. The molecule has 1 N–H and O–H groups in total. The number of fused-ring (bicyclic) bond motifs is 1. The zero-order valence-corrected chi connectivity index (χ0v) is 13.6. The molecule has 0 fully saturated rings. The molecule has 118 valence electrons. The number of hydrogen-bond donors (Lipinski definition) is 1. The Hall–Kier alpha value is -2.69. The lowest BCUT2D eigenvalue weighted by atomic mass is 10.1. The number of aryl methyl sites for hydroxylation is 1. The molecule has 2 heterocycles. The molecule has 0 aliphatic carbocycles. The van der Waals surface area contributed by atoms with Gasteiger partial charge in [0.1, 0.15) is 5.69 Å². The third-order valence-electron chi connectivity index (χ3n) is 3.82. The van der Waals surface area contributed by atoms with Crippen LogP contribution in [0.1, 0.15) is 42.9 Å². The van der Waals surface area contributed by atoms with Crippen molar-refractivity contribution in [1.82, 2.24) is 14.8 Å². The van der Waals surface area contributed by atoms with Crippen molar-refractivity contribution in [3.63, 3.8) is 0 Å². The van der Waals surface area contributed by atoms with Gasteiger partial charge in [-0.05, 0) is 43.2 Å². The minimum Gasteiger partial charge on any atom is -0.320 e. The van der Waals surface area contributed by atoms with E-state index in [1.165, 1.54) is 0 Å². The Bertz CT molecular complexity index is 846. The van der Waals surface area contributed by atoms with Crippen LogP contribution < -0.4 is 5.32 Å². The molecule has 3 aromatic rings. The fourth-order valence-electron chi connectivity index (χ4n) is 2.54. The molecule has 0 aliphatic heterocycles. The van der Waals surface area contributed by atoms with E-state index in [-0.39, 0.29) is 11.8 Å². The molecule has 0 bridgehead atoms. The van der Waals surface area contributed by atoms with Crippen LogP contribution in [-0.4, -0.2) is 20.7 Å². The van der Waals surface area contributed by atoms with Crippen molar-refractivity contribution in [2.45, 2.75) is 33.2 Å². The third kappa shape index (κ3) is 2.95. The summed E-state index contributed by atoms with van der Waals surface area (Å²) in [6.07, 6.45) is 1.75. The van der Waals surface area contributed by atoms with Crippen LogP contribution in [0.25, 0.3) is 10.9 Å². The first-order valence-electron chi connectivity index (χ1n) is 7.83. The second-order valence-corrected chi connectivity index (χ2v) is 5.75. The number of benzene rings is 1. The first kappa shape index (κ1) is 15.2. The number of nitrogens with zero attached hydrogens (tertiary/aromatic N) is 3. The van der Waals surface area contributed by atoms with Crippen molar-refractivity contribution in [2.24, 2.45) is 0 Å². The van der Waals surface area contributed by atoms with Gasteiger partial charge >= 0.3 is 0 Å². The zero-order valence-electron chi connectivity index (χ0n) is 13.6. The maximum absolute atomic E-state index is 12.7. The summed E-state index contributed by atoms with van der Waals surface area (Å²) in [6, 6.07) is 11.4. The Morgan fingerprint density at radius 3 is 2.83 bits per heavy atom. The summed E-state index contributed by atoms with van der Waals surface area (Å²) in [5.74, 6) is 0.138. The molecule has 0 saturated carbocycles. The van der Waals surface area contributed by atoms with Crippen LogP contribution in [0.15, 0.2) is 42.6 Å². The molecule has 2 aromatic heterocycles. The molecule has 0 spiro atoms. The lowest BCUT2D eigenvalue weighted by molar-refractivity contribution is 0.101. The largest absolute Gasteiger partial charge is 0.320 e. The van der Waals surface area contributed by atoms with E-state index in [2.05, 4.69) is 29.2 Å². The average Bonchev–Trinajstić information content (AvgIpc) is 3.00. The first-order valence-corrected chi connectivity index (χ1v) is 7.83. The second kappa shape index (κ2) is 6.20. The highest BCUT2D eigenvalue weighted by atomic mass is 16.2. The summed E-state index contributed by atoms with van der Waals surface area (Å²) in [4.78, 5) is 17.0. The lowest BCUT2D eigenvalue weighted by Crippen LogP contribution is -2.17. The number of aromatic nitrogens is 3. The normalized spacial score (nSPS) is 11.1. The van der Waals surface area contributed by atoms with Crippen LogP contribution in [0.5, 0.6) is 0 Å². The fraction of sp³-hybridized carbons (Fsp3) is 0.278. The van der Waals surface area contributed by atoms with Gasteiger partial charge in [-0.15, -0.1) is 0 Å². The smallest absolute Gasteiger partial charge is 0.273 e. The maximum Gasteiger partial charge on any atom is 0.273 e. The minimum atomic E-state index is -0.150. The Labute approximate surface area is 135 Å². The fourth-order valence-corrected chi connectivity index (χ4v) is 2.54. The molecule has 0 unspecified atom stereocenters. The molecule has 23 heavy (non-hydrogen) atoms. The Kier molecular flexibility index (Phi) is 4.10. The molecule has 0 saturated heterocycles. The van der Waals surface area contributed by atoms with Crippen molar-refractivity contribution in [2.75, 3.05) is 5.32 Å². The number of anilines is 1. The van der Waals surface area contributed by atoms with E-state index in [1.54, 1.807) is 10.9 Å². The number of hydrogen-bond acceptors (Lipinski definition) is 3. The summed E-state index contributed by atoms with van der Waals surface area (Å²) >= 11 is 0. The SMILES string of the molecule is CCn1nc(C(C)C)cc1C(=O)Nc1cccc2ncccc12. The minimum absolute atomic E-state index is 0.150. The highest BCUT2D eigenvalue weighted by molar-refractivity contribution is 6.07. The van der Waals surface area contributed by atoms with Crippen molar-refractivity contribution in [3.05, 3.63) is 54.0 Å². The number of rotatable bonds is 4. The second-order valence-electron chi connectivity index (χ2n) is 5.75. The quantitative estimate of drug-likeness (QED) is 0.797. The van der Waals surface area contributed by atoms with E-state index < -0.39 is 0 Å². The molecular weight excluding hydrogens is 288 g/mol. The standard InChI is InChI=1S/C18H20N4O/c1-4-22-17(11-16(21-22)12(2)3)18(23)20-15-9-5-8-14-13(15)7-6-10-19-14/h5-12H,4H2,1-3H3,(H,20,23). The van der Waals surface area contributed by atoms with Gasteiger partial charge in [-0.3, -0.25) is 14.5 Å². The Morgan fingerprint density at radius 2 is 2.09 bits per heavy atom. The molecule has 0 radical (unpaired) electrons. The Morgan fingerprint density at radius 1 is 1.26 bits per heavy atom. The van der Waals surface area contributed by atoms with Gasteiger partial charge < -0.3 is 5.32 Å². The number of carbonyl (C=O) groups is 1. The summed E-state index contributed by atoms with van der Waals surface area (Å²) in [6.45, 7) is 6.78. The highest BCUT2D eigenvalue weighted by Crippen LogP contribution is 2.22. The van der Waals surface area contributed by atoms with Crippen molar-refractivity contribution < 1.29 is 4.79 Å². The number of amides is 1. The maximum atomic E-state index is 12.7. The van der Waals surface area contributed by atoms with Gasteiger partial charge in [0.15, 0.2) is 0 Å². The number of carbonyl (C=O) groups excluding carboxylic acids is 1. The summed E-state index contributed by atoms with van der Waals surface area (Å²) in [5, 5.41) is 8.41. The summed E-state index contributed by atoms with van der Waals surface area (Å²) < 4.78 is 1.74. The van der Waals surface area contributed by atoms with E-state index >= 15 is 0 Å². The molecule has 1 aromatic carbocycles. The number of nitrogens with one attached hydrogen (secondary N) is 1. The molecular formula is C18H20N4O. The van der Waals surface area contributed by atoms with Gasteiger partial charge in [-0.25, -0.2) is 0 Å². The van der Waals surface area contributed by atoms with Gasteiger partial charge in [0, 0.05) is 18.1 Å². The topological polar surface area (TPSA) is 59.8 Å². The van der Waals surface area contributed by atoms with Gasteiger partial charge in [-0.1, -0.05) is 19.9 Å². The van der Waals surface area contributed by atoms with Crippen LogP contribution in [0.2, 0.25) is 0 Å². The van der Waals surface area contributed by atoms with Gasteiger partial charge in [0.25, 0.3) is 5.91 Å².